The molecule has 0 bridgehead atoms. The first-order valence-corrected chi connectivity index (χ1v) is 7.00. The number of aryl methyl sites for hydroxylation is 2. The molecule has 0 radical (unpaired) electrons. The molecule has 0 spiro atoms. The normalized spacial score (nSPS) is 18.8. The van der Waals surface area contributed by atoms with E-state index in [0.717, 1.165) is 35.5 Å². The van der Waals surface area contributed by atoms with E-state index in [9.17, 15) is 5.21 Å². The molecule has 0 saturated heterocycles. The van der Waals surface area contributed by atoms with Gasteiger partial charge in [0, 0.05) is 17.5 Å². The fourth-order valence-corrected chi connectivity index (χ4v) is 2.87. The Balaban J connectivity index is 2.11. The molecular weight excluding hydrogens is 266 g/mol. The first-order valence-electron chi connectivity index (χ1n) is 7.00. The zero-order chi connectivity index (χ0) is 15.2. The zero-order valence-electron chi connectivity index (χ0n) is 12.8. The van der Waals surface area contributed by atoms with Crippen LogP contribution in [0.15, 0.2) is 17.4 Å². The SMILES string of the molecule is Cc1cc(C)n(-c2ncc3c(n2)CC(C)(C)CC3=NO)n1. The summed E-state index contributed by atoms with van der Waals surface area (Å²) in [5.74, 6) is 0.564. The molecule has 1 aliphatic rings. The smallest absolute Gasteiger partial charge is 0.250 e. The van der Waals surface area contributed by atoms with Gasteiger partial charge < -0.3 is 5.21 Å². The van der Waals surface area contributed by atoms with Crippen LogP contribution in [0.4, 0.5) is 0 Å². The van der Waals surface area contributed by atoms with Gasteiger partial charge in [-0.05, 0) is 38.2 Å². The lowest BCUT2D eigenvalue weighted by molar-refractivity contribution is 0.305. The number of hydrogen-bond acceptors (Lipinski definition) is 5. The Hall–Kier alpha value is -2.24. The summed E-state index contributed by atoms with van der Waals surface area (Å²) in [7, 11) is 0. The van der Waals surface area contributed by atoms with Crippen molar-refractivity contribution < 1.29 is 5.21 Å². The van der Waals surface area contributed by atoms with Crippen LogP contribution < -0.4 is 0 Å². The summed E-state index contributed by atoms with van der Waals surface area (Å²) in [6.45, 7) is 8.22. The molecule has 1 N–H and O–H groups in total. The maximum Gasteiger partial charge on any atom is 0.250 e. The number of fused-ring (bicyclic) bond motifs is 1. The minimum absolute atomic E-state index is 0.0231. The van der Waals surface area contributed by atoms with Crippen LogP contribution in [-0.2, 0) is 6.42 Å². The van der Waals surface area contributed by atoms with Gasteiger partial charge in [0.05, 0.1) is 17.1 Å². The summed E-state index contributed by atoms with van der Waals surface area (Å²) < 4.78 is 1.74. The van der Waals surface area contributed by atoms with Crippen LogP contribution in [0, 0.1) is 19.3 Å². The molecule has 6 heteroatoms. The minimum Gasteiger partial charge on any atom is -0.411 e. The zero-order valence-corrected chi connectivity index (χ0v) is 12.8. The first kappa shape index (κ1) is 13.7. The molecule has 0 fully saturated rings. The first-order chi connectivity index (χ1) is 9.89. The molecule has 3 rings (SSSR count). The molecule has 2 aromatic heterocycles. The van der Waals surface area contributed by atoms with Crippen LogP contribution in [0.25, 0.3) is 5.95 Å². The fraction of sp³-hybridized carbons (Fsp3) is 0.467. The largest absolute Gasteiger partial charge is 0.411 e. The third-order valence-electron chi connectivity index (χ3n) is 3.78. The Labute approximate surface area is 123 Å². The second kappa shape index (κ2) is 4.65. The molecule has 1 aliphatic carbocycles. The van der Waals surface area contributed by atoms with E-state index in [1.54, 1.807) is 10.9 Å². The average molecular weight is 285 g/mol. The van der Waals surface area contributed by atoms with E-state index in [2.05, 4.69) is 34.1 Å². The molecule has 6 nitrogen and oxygen atoms in total. The van der Waals surface area contributed by atoms with Crippen molar-refractivity contribution in [2.24, 2.45) is 10.6 Å². The molecule has 110 valence electrons. The van der Waals surface area contributed by atoms with Gasteiger partial charge in [0.15, 0.2) is 0 Å². The Morgan fingerprint density at radius 1 is 1.29 bits per heavy atom. The van der Waals surface area contributed by atoms with Crippen LogP contribution in [0.5, 0.6) is 0 Å². The van der Waals surface area contributed by atoms with Gasteiger partial charge in [-0.25, -0.2) is 14.6 Å². The fourth-order valence-electron chi connectivity index (χ4n) is 2.87. The summed E-state index contributed by atoms with van der Waals surface area (Å²) >= 11 is 0. The maximum absolute atomic E-state index is 9.22. The Morgan fingerprint density at radius 3 is 2.67 bits per heavy atom. The number of oxime groups is 1. The van der Waals surface area contributed by atoms with Crippen molar-refractivity contribution >= 4 is 5.71 Å². The lowest BCUT2D eigenvalue weighted by Crippen LogP contribution is -2.29. The van der Waals surface area contributed by atoms with Crippen LogP contribution in [0.2, 0.25) is 0 Å². The van der Waals surface area contributed by atoms with E-state index >= 15 is 0 Å². The van der Waals surface area contributed by atoms with Gasteiger partial charge in [-0.15, -0.1) is 0 Å². The molecule has 0 saturated carbocycles. The maximum atomic E-state index is 9.22. The van der Waals surface area contributed by atoms with Crippen molar-refractivity contribution in [1.29, 1.82) is 0 Å². The van der Waals surface area contributed by atoms with Gasteiger partial charge in [0.25, 0.3) is 5.95 Å². The third-order valence-corrected chi connectivity index (χ3v) is 3.78. The van der Waals surface area contributed by atoms with Gasteiger partial charge in [-0.2, -0.15) is 5.10 Å². The van der Waals surface area contributed by atoms with Crippen LogP contribution in [0.1, 0.15) is 42.9 Å². The van der Waals surface area contributed by atoms with Crippen molar-refractivity contribution in [3.8, 4) is 5.95 Å². The van der Waals surface area contributed by atoms with Crippen LogP contribution >= 0.6 is 0 Å². The highest BCUT2D eigenvalue weighted by Crippen LogP contribution is 2.34. The van der Waals surface area contributed by atoms with Gasteiger partial charge in [0.2, 0.25) is 0 Å². The van der Waals surface area contributed by atoms with Crippen molar-refractivity contribution in [3.63, 3.8) is 0 Å². The average Bonchev–Trinajstić information content (AvgIpc) is 2.75. The summed E-state index contributed by atoms with van der Waals surface area (Å²) in [5.41, 5.74) is 4.36. The second-order valence-corrected chi connectivity index (χ2v) is 6.43. The topological polar surface area (TPSA) is 76.2 Å². The highest BCUT2D eigenvalue weighted by Gasteiger charge is 2.31. The molecule has 21 heavy (non-hydrogen) atoms. The molecule has 0 aliphatic heterocycles. The third kappa shape index (κ3) is 2.41. The van der Waals surface area contributed by atoms with Crippen molar-refractivity contribution in [2.45, 2.75) is 40.5 Å². The predicted molar refractivity (Wildman–Crippen MR) is 79.1 cm³/mol. The van der Waals surface area contributed by atoms with E-state index in [-0.39, 0.29) is 5.41 Å². The lowest BCUT2D eigenvalue weighted by atomic mass is 9.76. The van der Waals surface area contributed by atoms with E-state index in [0.29, 0.717) is 11.7 Å². The quantitative estimate of drug-likeness (QED) is 0.645. The van der Waals surface area contributed by atoms with Gasteiger partial charge in [-0.1, -0.05) is 19.0 Å². The minimum atomic E-state index is 0.0231. The number of hydrogen-bond donors (Lipinski definition) is 1. The number of nitrogens with zero attached hydrogens (tertiary/aromatic N) is 5. The molecule has 0 atom stereocenters. The molecule has 0 unspecified atom stereocenters. The van der Waals surface area contributed by atoms with Gasteiger partial charge in [-0.3, -0.25) is 0 Å². The Bertz CT molecular complexity index is 730. The van der Waals surface area contributed by atoms with Gasteiger partial charge >= 0.3 is 0 Å². The summed E-state index contributed by atoms with van der Waals surface area (Å²) in [6.07, 6.45) is 3.29. The standard InChI is InChI=1S/C15H19N5O/c1-9-5-10(2)20(18-9)14-16-8-11-12(17-14)6-15(3,4)7-13(11)19-21/h5,8,21H,6-7H2,1-4H3. The second-order valence-electron chi connectivity index (χ2n) is 6.43. The van der Waals surface area contributed by atoms with E-state index < -0.39 is 0 Å². The molecule has 0 amide bonds. The highest BCUT2D eigenvalue weighted by molar-refractivity contribution is 6.02. The van der Waals surface area contributed by atoms with E-state index in [1.807, 2.05) is 19.9 Å². The Kier molecular flexibility index (Phi) is 3.04. The summed E-state index contributed by atoms with van der Waals surface area (Å²) in [5, 5.41) is 17.1. The van der Waals surface area contributed by atoms with Crippen LogP contribution in [0.3, 0.4) is 0 Å². The van der Waals surface area contributed by atoms with Crippen molar-refractivity contribution in [3.05, 3.63) is 34.9 Å². The number of aromatic nitrogens is 4. The summed E-state index contributed by atoms with van der Waals surface area (Å²) in [4.78, 5) is 9.03. The molecule has 2 heterocycles. The highest BCUT2D eigenvalue weighted by atomic mass is 16.4. The summed E-state index contributed by atoms with van der Waals surface area (Å²) in [6, 6.07) is 1.99. The van der Waals surface area contributed by atoms with Crippen LogP contribution in [-0.4, -0.2) is 30.7 Å². The molecule has 0 aromatic carbocycles. The van der Waals surface area contributed by atoms with Crippen molar-refractivity contribution in [2.75, 3.05) is 0 Å². The van der Waals surface area contributed by atoms with Gasteiger partial charge in [0.1, 0.15) is 0 Å². The monoisotopic (exact) mass is 285 g/mol. The van der Waals surface area contributed by atoms with Crippen molar-refractivity contribution in [1.82, 2.24) is 19.7 Å². The molecule has 2 aromatic rings. The van der Waals surface area contributed by atoms with E-state index in [1.165, 1.54) is 0 Å². The molecular formula is C15H19N5O. The predicted octanol–water partition coefficient (Wildman–Crippen LogP) is 2.43. The van der Waals surface area contributed by atoms with E-state index in [4.69, 9.17) is 0 Å². The number of rotatable bonds is 1. The Morgan fingerprint density at radius 2 is 2.05 bits per heavy atom. The lowest BCUT2D eigenvalue weighted by Gasteiger charge is -2.30.